The molecule has 0 atom stereocenters. The van der Waals surface area contributed by atoms with Crippen LogP contribution in [0.25, 0.3) is 0 Å². The molecule has 1 N–H and O–H groups in total. The summed E-state index contributed by atoms with van der Waals surface area (Å²) in [6.45, 7) is 1.89. The van der Waals surface area contributed by atoms with Gasteiger partial charge in [0.25, 0.3) is 5.91 Å². The highest BCUT2D eigenvalue weighted by Gasteiger charge is 2.09. The van der Waals surface area contributed by atoms with Gasteiger partial charge in [0, 0.05) is 9.26 Å². The normalized spacial score (nSPS) is 10.0. The van der Waals surface area contributed by atoms with Crippen LogP contribution in [0.2, 0.25) is 0 Å². The van der Waals surface area contributed by atoms with Crippen molar-refractivity contribution in [1.82, 2.24) is 4.98 Å². The van der Waals surface area contributed by atoms with Gasteiger partial charge in [0.1, 0.15) is 5.82 Å². The third-order valence-corrected chi connectivity index (χ3v) is 3.19. The van der Waals surface area contributed by atoms with Gasteiger partial charge in [0.15, 0.2) is 0 Å². The molecule has 1 heterocycles. The van der Waals surface area contributed by atoms with Crippen molar-refractivity contribution in [2.45, 2.75) is 6.92 Å². The van der Waals surface area contributed by atoms with Crippen molar-refractivity contribution in [2.24, 2.45) is 0 Å². The average Bonchev–Trinajstić information content (AvgIpc) is 2.29. The first-order chi connectivity index (χ1) is 8.16. The highest BCUT2D eigenvalue weighted by Crippen LogP contribution is 2.13. The zero-order valence-corrected chi connectivity index (χ0v) is 11.4. The number of amides is 1. The van der Waals surface area contributed by atoms with E-state index in [1.807, 2.05) is 37.3 Å². The number of hydrogen-bond acceptors (Lipinski definition) is 2. The van der Waals surface area contributed by atoms with Crippen LogP contribution in [0.5, 0.6) is 0 Å². The van der Waals surface area contributed by atoms with Crippen LogP contribution >= 0.6 is 22.6 Å². The average molecular weight is 338 g/mol. The standard InChI is InChI=1S/C13H11IN2O/c1-9-5-4-8-12(15-9)16-13(17)10-6-2-3-7-11(10)14/h2-8H,1H3,(H,15,16,17). The summed E-state index contributed by atoms with van der Waals surface area (Å²) < 4.78 is 0.926. The van der Waals surface area contributed by atoms with Gasteiger partial charge in [-0.1, -0.05) is 18.2 Å². The molecule has 0 fully saturated rings. The molecule has 0 saturated carbocycles. The van der Waals surface area contributed by atoms with E-state index >= 15 is 0 Å². The van der Waals surface area contributed by atoms with E-state index in [1.165, 1.54) is 0 Å². The molecule has 0 radical (unpaired) electrons. The Kier molecular flexibility index (Phi) is 3.73. The van der Waals surface area contributed by atoms with E-state index in [1.54, 1.807) is 12.1 Å². The topological polar surface area (TPSA) is 42.0 Å². The number of anilines is 1. The molecular formula is C13H11IN2O. The smallest absolute Gasteiger partial charge is 0.257 e. The van der Waals surface area contributed by atoms with Crippen LogP contribution in [0.15, 0.2) is 42.5 Å². The van der Waals surface area contributed by atoms with Crippen LogP contribution in [0.1, 0.15) is 16.1 Å². The zero-order chi connectivity index (χ0) is 12.3. The molecule has 1 amide bonds. The Bertz CT molecular complexity index is 555. The summed E-state index contributed by atoms with van der Waals surface area (Å²) in [5.74, 6) is 0.447. The molecule has 0 aliphatic heterocycles. The van der Waals surface area contributed by atoms with Crippen LogP contribution in [-0.4, -0.2) is 10.9 Å². The van der Waals surface area contributed by atoms with Crippen LogP contribution in [-0.2, 0) is 0 Å². The maximum absolute atomic E-state index is 12.0. The van der Waals surface area contributed by atoms with Gasteiger partial charge in [-0.3, -0.25) is 4.79 Å². The molecule has 2 rings (SSSR count). The highest BCUT2D eigenvalue weighted by atomic mass is 127. The van der Waals surface area contributed by atoms with E-state index in [2.05, 4.69) is 32.9 Å². The van der Waals surface area contributed by atoms with Crippen molar-refractivity contribution >= 4 is 34.3 Å². The van der Waals surface area contributed by atoms with Crippen LogP contribution in [0.3, 0.4) is 0 Å². The second-order valence-corrected chi connectivity index (χ2v) is 4.76. The molecule has 1 aromatic heterocycles. The van der Waals surface area contributed by atoms with Crippen molar-refractivity contribution in [2.75, 3.05) is 5.32 Å². The SMILES string of the molecule is Cc1cccc(NC(=O)c2ccccc2I)n1. The van der Waals surface area contributed by atoms with Crippen LogP contribution in [0.4, 0.5) is 5.82 Å². The molecule has 0 aliphatic rings. The van der Waals surface area contributed by atoms with Gasteiger partial charge in [-0.25, -0.2) is 4.98 Å². The van der Waals surface area contributed by atoms with Crippen LogP contribution < -0.4 is 5.32 Å². The third-order valence-electron chi connectivity index (χ3n) is 2.25. The van der Waals surface area contributed by atoms with Crippen LogP contribution in [0, 0.1) is 10.5 Å². The number of pyridine rings is 1. The molecule has 0 aliphatic carbocycles. The Morgan fingerprint density at radius 3 is 2.65 bits per heavy atom. The molecule has 17 heavy (non-hydrogen) atoms. The number of aryl methyl sites for hydroxylation is 1. The van der Waals surface area contributed by atoms with Gasteiger partial charge in [-0.2, -0.15) is 0 Å². The van der Waals surface area contributed by atoms with E-state index in [0.29, 0.717) is 11.4 Å². The molecule has 1 aromatic carbocycles. The molecular weight excluding hydrogens is 327 g/mol. The number of aromatic nitrogens is 1. The molecule has 0 spiro atoms. The van der Waals surface area contributed by atoms with Crippen molar-refractivity contribution in [3.8, 4) is 0 Å². The van der Waals surface area contributed by atoms with Crippen molar-refractivity contribution in [1.29, 1.82) is 0 Å². The fourth-order valence-corrected chi connectivity index (χ4v) is 2.07. The Morgan fingerprint density at radius 1 is 1.18 bits per heavy atom. The lowest BCUT2D eigenvalue weighted by Gasteiger charge is -2.06. The minimum absolute atomic E-state index is 0.131. The number of carbonyl (C=O) groups excluding carboxylic acids is 1. The number of carbonyl (C=O) groups is 1. The predicted octanol–water partition coefficient (Wildman–Crippen LogP) is 3.25. The summed E-state index contributed by atoms with van der Waals surface area (Å²) in [6, 6.07) is 13.0. The van der Waals surface area contributed by atoms with Gasteiger partial charge >= 0.3 is 0 Å². The minimum Gasteiger partial charge on any atom is -0.307 e. The van der Waals surface area contributed by atoms with Gasteiger partial charge in [0.2, 0.25) is 0 Å². The van der Waals surface area contributed by atoms with E-state index in [9.17, 15) is 4.79 Å². The Labute approximate surface area is 113 Å². The largest absolute Gasteiger partial charge is 0.307 e. The summed E-state index contributed by atoms with van der Waals surface area (Å²) in [7, 11) is 0. The van der Waals surface area contributed by atoms with Gasteiger partial charge in [-0.15, -0.1) is 0 Å². The lowest BCUT2D eigenvalue weighted by atomic mass is 10.2. The summed E-state index contributed by atoms with van der Waals surface area (Å²) in [5.41, 5.74) is 1.54. The molecule has 86 valence electrons. The molecule has 4 heteroatoms. The Hall–Kier alpha value is -1.43. The molecule has 3 nitrogen and oxygen atoms in total. The lowest BCUT2D eigenvalue weighted by Crippen LogP contribution is -2.14. The number of halogens is 1. The molecule has 0 saturated heterocycles. The molecule has 2 aromatic rings. The van der Waals surface area contributed by atoms with Crippen molar-refractivity contribution in [3.05, 3.63) is 57.3 Å². The van der Waals surface area contributed by atoms with E-state index in [-0.39, 0.29) is 5.91 Å². The first-order valence-electron chi connectivity index (χ1n) is 5.16. The second-order valence-electron chi connectivity index (χ2n) is 3.60. The Balaban J connectivity index is 2.20. The summed E-state index contributed by atoms with van der Waals surface area (Å²) in [5, 5.41) is 2.79. The van der Waals surface area contributed by atoms with Gasteiger partial charge < -0.3 is 5.32 Å². The van der Waals surface area contributed by atoms with Crippen molar-refractivity contribution < 1.29 is 4.79 Å². The van der Waals surface area contributed by atoms with Gasteiger partial charge in [-0.05, 0) is 53.8 Å². The summed E-state index contributed by atoms with van der Waals surface area (Å²) >= 11 is 2.14. The summed E-state index contributed by atoms with van der Waals surface area (Å²) in [4.78, 5) is 16.2. The number of benzene rings is 1. The number of nitrogens with one attached hydrogen (secondary N) is 1. The van der Waals surface area contributed by atoms with Crippen molar-refractivity contribution in [3.63, 3.8) is 0 Å². The van der Waals surface area contributed by atoms with E-state index in [0.717, 1.165) is 9.26 Å². The minimum atomic E-state index is -0.131. The maximum Gasteiger partial charge on any atom is 0.257 e. The fourth-order valence-electron chi connectivity index (χ4n) is 1.44. The zero-order valence-electron chi connectivity index (χ0n) is 9.27. The quantitative estimate of drug-likeness (QED) is 0.854. The Morgan fingerprint density at radius 2 is 1.94 bits per heavy atom. The maximum atomic E-state index is 12.0. The van der Waals surface area contributed by atoms with E-state index in [4.69, 9.17) is 0 Å². The van der Waals surface area contributed by atoms with Gasteiger partial charge in [0.05, 0.1) is 5.56 Å². The summed E-state index contributed by atoms with van der Waals surface area (Å²) in [6.07, 6.45) is 0. The third kappa shape index (κ3) is 3.03. The highest BCUT2D eigenvalue weighted by molar-refractivity contribution is 14.1. The molecule has 0 unspecified atom stereocenters. The van der Waals surface area contributed by atoms with E-state index < -0.39 is 0 Å². The fraction of sp³-hybridized carbons (Fsp3) is 0.0769. The first-order valence-corrected chi connectivity index (χ1v) is 6.24. The second kappa shape index (κ2) is 5.27. The first kappa shape index (κ1) is 12.0. The number of rotatable bonds is 2. The lowest BCUT2D eigenvalue weighted by molar-refractivity contribution is 0.102. The predicted molar refractivity (Wildman–Crippen MR) is 76.1 cm³/mol. The molecule has 0 bridgehead atoms. The monoisotopic (exact) mass is 338 g/mol. The number of nitrogens with zero attached hydrogens (tertiary/aromatic N) is 1. The number of hydrogen-bond donors (Lipinski definition) is 1.